The van der Waals surface area contributed by atoms with Gasteiger partial charge in [-0.05, 0) is 44.0 Å². The van der Waals surface area contributed by atoms with Crippen molar-refractivity contribution in [2.75, 3.05) is 19.7 Å². The molecule has 1 saturated heterocycles. The predicted octanol–water partition coefficient (Wildman–Crippen LogP) is 1.75. The smallest absolute Gasteiger partial charge is 0.123 e. The summed E-state index contributed by atoms with van der Waals surface area (Å²) < 4.78 is 19.4. The zero-order chi connectivity index (χ0) is 14.7. The number of nitrogens with zero attached hydrogens (tertiary/aromatic N) is 1. The first kappa shape index (κ1) is 15.4. The van der Waals surface area contributed by atoms with E-state index in [1.54, 1.807) is 0 Å². The van der Waals surface area contributed by atoms with Crippen LogP contribution in [0.2, 0.25) is 0 Å². The molecule has 0 aromatic heterocycles. The second kappa shape index (κ2) is 6.63. The highest BCUT2D eigenvalue weighted by Gasteiger charge is 2.30. The van der Waals surface area contributed by atoms with Crippen LogP contribution in [-0.2, 0) is 4.74 Å². The molecule has 1 aliphatic rings. The molecule has 0 spiro atoms. The van der Waals surface area contributed by atoms with E-state index in [1.165, 1.54) is 12.1 Å². The largest absolute Gasteiger partial charge is 0.374 e. The Hall–Kier alpha value is -1.01. The van der Waals surface area contributed by atoms with Crippen LogP contribution < -0.4 is 11.3 Å². The summed E-state index contributed by atoms with van der Waals surface area (Å²) in [6, 6.07) is 5.25. The highest BCUT2D eigenvalue weighted by atomic mass is 19.1. The zero-order valence-electron chi connectivity index (χ0n) is 12.4. The Kier molecular flexibility index (Phi) is 5.10. The van der Waals surface area contributed by atoms with Gasteiger partial charge in [0.1, 0.15) is 5.82 Å². The number of morpholine rings is 1. The number of hydrogen-bond donors (Lipinski definition) is 2. The maximum absolute atomic E-state index is 13.6. The molecule has 3 N–H and O–H groups in total. The van der Waals surface area contributed by atoms with Crippen molar-refractivity contribution in [1.29, 1.82) is 0 Å². The Bertz CT molecular complexity index is 432. The van der Waals surface area contributed by atoms with Crippen LogP contribution in [0.5, 0.6) is 0 Å². The standard InChI is InChI=1S/C15H24FN3O/c1-10(2)19-4-5-20-14(9-19)15(18-17)12-6-11(3)7-13(16)8-12/h6-8,10,14-15,18H,4-5,9,17H2,1-3H3. The van der Waals surface area contributed by atoms with E-state index in [4.69, 9.17) is 10.6 Å². The molecule has 2 unspecified atom stereocenters. The van der Waals surface area contributed by atoms with Crippen LogP contribution >= 0.6 is 0 Å². The maximum atomic E-state index is 13.6. The third-order valence-electron chi connectivity index (χ3n) is 3.83. The van der Waals surface area contributed by atoms with Crippen LogP contribution in [0, 0.1) is 12.7 Å². The molecule has 2 atom stereocenters. The first-order valence-corrected chi connectivity index (χ1v) is 7.10. The molecule has 1 aromatic rings. The van der Waals surface area contributed by atoms with Gasteiger partial charge in [-0.15, -0.1) is 0 Å². The normalized spacial score (nSPS) is 22.2. The van der Waals surface area contributed by atoms with E-state index < -0.39 is 0 Å². The maximum Gasteiger partial charge on any atom is 0.123 e. The summed E-state index contributed by atoms with van der Waals surface area (Å²) >= 11 is 0. The molecule has 0 bridgehead atoms. The third kappa shape index (κ3) is 3.55. The Balaban J connectivity index is 2.18. The Morgan fingerprint density at radius 2 is 2.15 bits per heavy atom. The van der Waals surface area contributed by atoms with Crippen LogP contribution in [0.1, 0.15) is 31.0 Å². The summed E-state index contributed by atoms with van der Waals surface area (Å²) in [7, 11) is 0. The van der Waals surface area contributed by atoms with E-state index in [1.807, 2.05) is 13.0 Å². The minimum absolute atomic E-state index is 0.0719. The van der Waals surface area contributed by atoms with E-state index in [0.717, 1.165) is 24.2 Å². The molecule has 0 saturated carbocycles. The monoisotopic (exact) mass is 281 g/mol. The van der Waals surface area contributed by atoms with Crippen molar-refractivity contribution < 1.29 is 9.13 Å². The number of aryl methyl sites for hydroxylation is 1. The SMILES string of the molecule is Cc1cc(F)cc(C(NN)C2CN(C(C)C)CCO2)c1. The van der Waals surface area contributed by atoms with Crippen molar-refractivity contribution in [2.24, 2.45) is 5.84 Å². The number of halogens is 1. The Morgan fingerprint density at radius 1 is 1.40 bits per heavy atom. The highest BCUT2D eigenvalue weighted by molar-refractivity contribution is 5.27. The highest BCUT2D eigenvalue weighted by Crippen LogP contribution is 2.24. The average molecular weight is 281 g/mol. The molecule has 1 heterocycles. The molecule has 1 aliphatic heterocycles. The Labute approximate surface area is 120 Å². The van der Waals surface area contributed by atoms with Gasteiger partial charge in [-0.3, -0.25) is 16.2 Å². The summed E-state index contributed by atoms with van der Waals surface area (Å²) in [5.41, 5.74) is 4.50. The second-order valence-corrected chi connectivity index (χ2v) is 5.70. The number of hydrazine groups is 1. The lowest BCUT2D eigenvalue weighted by Gasteiger charge is -2.38. The fraction of sp³-hybridized carbons (Fsp3) is 0.600. The number of nitrogens with two attached hydrogens (primary N) is 1. The second-order valence-electron chi connectivity index (χ2n) is 5.70. The van der Waals surface area contributed by atoms with Crippen LogP contribution in [0.4, 0.5) is 4.39 Å². The fourth-order valence-electron chi connectivity index (χ4n) is 2.73. The van der Waals surface area contributed by atoms with Crippen molar-refractivity contribution in [3.8, 4) is 0 Å². The zero-order valence-corrected chi connectivity index (χ0v) is 12.4. The van der Waals surface area contributed by atoms with Crippen LogP contribution in [0.15, 0.2) is 18.2 Å². The minimum atomic E-state index is -0.239. The van der Waals surface area contributed by atoms with Gasteiger partial charge in [0.05, 0.1) is 18.8 Å². The third-order valence-corrected chi connectivity index (χ3v) is 3.83. The molecular weight excluding hydrogens is 257 g/mol. The molecule has 1 aromatic carbocycles. The number of hydrogen-bond acceptors (Lipinski definition) is 4. The predicted molar refractivity (Wildman–Crippen MR) is 77.7 cm³/mol. The van der Waals surface area contributed by atoms with Crippen LogP contribution in [-0.4, -0.2) is 36.7 Å². The van der Waals surface area contributed by atoms with E-state index in [0.29, 0.717) is 12.6 Å². The van der Waals surface area contributed by atoms with Crippen molar-refractivity contribution in [3.63, 3.8) is 0 Å². The molecule has 0 amide bonds. The summed E-state index contributed by atoms with van der Waals surface area (Å²) in [6.07, 6.45) is -0.0719. The van der Waals surface area contributed by atoms with Crippen LogP contribution in [0.3, 0.4) is 0 Å². The lowest BCUT2D eigenvalue weighted by atomic mass is 9.98. The van der Waals surface area contributed by atoms with Gasteiger partial charge in [-0.1, -0.05) is 6.07 Å². The van der Waals surface area contributed by atoms with Crippen molar-refractivity contribution in [1.82, 2.24) is 10.3 Å². The van der Waals surface area contributed by atoms with Gasteiger partial charge in [-0.25, -0.2) is 4.39 Å². The average Bonchev–Trinajstić information content (AvgIpc) is 2.39. The number of rotatable bonds is 4. The lowest BCUT2D eigenvalue weighted by Crippen LogP contribution is -2.51. The summed E-state index contributed by atoms with van der Waals surface area (Å²) in [6.45, 7) is 8.60. The van der Waals surface area contributed by atoms with Gasteiger partial charge in [0.2, 0.25) is 0 Å². The van der Waals surface area contributed by atoms with E-state index in [2.05, 4.69) is 24.2 Å². The molecule has 0 radical (unpaired) electrons. The molecular formula is C15H24FN3O. The summed E-state index contributed by atoms with van der Waals surface area (Å²) in [5.74, 6) is 5.45. The number of nitrogens with one attached hydrogen (secondary N) is 1. The first-order valence-electron chi connectivity index (χ1n) is 7.10. The van der Waals surface area contributed by atoms with Crippen molar-refractivity contribution >= 4 is 0 Å². The van der Waals surface area contributed by atoms with E-state index >= 15 is 0 Å². The molecule has 20 heavy (non-hydrogen) atoms. The summed E-state index contributed by atoms with van der Waals surface area (Å²) in [5, 5.41) is 0. The minimum Gasteiger partial charge on any atom is -0.374 e. The fourth-order valence-corrected chi connectivity index (χ4v) is 2.73. The molecule has 4 nitrogen and oxygen atoms in total. The quantitative estimate of drug-likeness (QED) is 0.652. The number of benzene rings is 1. The van der Waals surface area contributed by atoms with Crippen molar-refractivity contribution in [2.45, 2.75) is 39.0 Å². The van der Waals surface area contributed by atoms with E-state index in [9.17, 15) is 4.39 Å². The van der Waals surface area contributed by atoms with Crippen molar-refractivity contribution in [3.05, 3.63) is 35.1 Å². The van der Waals surface area contributed by atoms with Gasteiger partial charge in [0, 0.05) is 19.1 Å². The molecule has 2 rings (SSSR count). The van der Waals surface area contributed by atoms with Gasteiger partial charge in [0.25, 0.3) is 0 Å². The molecule has 1 fully saturated rings. The topological polar surface area (TPSA) is 50.5 Å². The van der Waals surface area contributed by atoms with Crippen LogP contribution in [0.25, 0.3) is 0 Å². The van der Waals surface area contributed by atoms with Gasteiger partial charge in [-0.2, -0.15) is 0 Å². The van der Waals surface area contributed by atoms with Gasteiger partial charge in [0.15, 0.2) is 0 Å². The molecule has 112 valence electrons. The summed E-state index contributed by atoms with van der Waals surface area (Å²) in [4.78, 5) is 2.35. The number of ether oxygens (including phenoxy) is 1. The first-order chi connectivity index (χ1) is 9.51. The van der Waals surface area contributed by atoms with Gasteiger partial charge >= 0.3 is 0 Å². The molecule has 5 heteroatoms. The lowest BCUT2D eigenvalue weighted by molar-refractivity contribution is -0.0561. The van der Waals surface area contributed by atoms with Gasteiger partial charge < -0.3 is 4.74 Å². The Morgan fingerprint density at radius 3 is 2.75 bits per heavy atom. The van der Waals surface area contributed by atoms with E-state index in [-0.39, 0.29) is 18.0 Å². The molecule has 0 aliphatic carbocycles.